The molecule has 0 aliphatic rings. The molecule has 0 atom stereocenters. The van der Waals surface area contributed by atoms with Gasteiger partial charge in [0.15, 0.2) is 5.65 Å². The number of hydrogen-bond donors (Lipinski definition) is 1. The minimum absolute atomic E-state index is 0.801. The van der Waals surface area contributed by atoms with Crippen LogP contribution in [0.5, 0.6) is 0 Å². The summed E-state index contributed by atoms with van der Waals surface area (Å²) in [6, 6.07) is 0. The molecule has 3 heterocycles. The number of fused-ring (bicyclic) bond motifs is 1. The van der Waals surface area contributed by atoms with Gasteiger partial charge in [0.2, 0.25) is 0 Å². The molecule has 0 aliphatic heterocycles. The second-order valence-corrected chi connectivity index (χ2v) is 3.52. The molecular formula is C10H11N5. The van der Waals surface area contributed by atoms with Crippen LogP contribution in [0.25, 0.3) is 5.65 Å². The minimum Gasteiger partial charge on any atom is -0.331 e. The molecule has 15 heavy (non-hydrogen) atoms. The van der Waals surface area contributed by atoms with E-state index in [4.69, 9.17) is 0 Å². The van der Waals surface area contributed by atoms with Gasteiger partial charge in [0.05, 0.1) is 6.54 Å². The Kier molecular flexibility index (Phi) is 1.65. The van der Waals surface area contributed by atoms with Gasteiger partial charge in [0.25, 0.3) is 0 Å². The van der Waals surface area contributed by atoms with Crippen LogP contribution in [0.4, 0.5) is 0 Å². The first-order valence-corrected chi connectivity index (χ1v) is 4.81. The predicted octanol–water partition coefficient (Wildman–Crippen LogP) is 1.22. The molecule has 0 unspecified atom stereocenters. The SMILES string of the molecule is Cc1nccn1Cc1c[nH]n2ccnc12. The molecule has 0 aliphatic carbocycles. The van der Waals surface area contributed by atoms with Crippen LogP contribution in [0.3, 0.4) is 0 Å². The molecule has 0 radical (unpaired) electrons. The quantitative estimate of drug-likeness (QED) is 0.677. The van der Waals surface area contributed by atoms with E-state index in [1.165, 1.54) is 5.56 Å². The van der Waals surface area contributed by atoms with Crippen molar-refractivity contribution in [2.75, 3.05) is 0 Å². The van der Waals surface area contributed by atoms with Crippen molar-refractivity contribution in [3.05, 3.63) is 42.4 Å². The van der Waals surface area contributed by atoms with Crippen LogP contribution in [0.15, 0.2) is 31.0 Å². The first-order valence-electron chi connectivity index (χ1n) is 4.81. The maximum absolute atomic E-state index is 4.29. The van der Waals surface area contributed by atoms with Gasteiger partial charge in [0, 0.05) is 36.5 Å². The van der Waals surface area contributed by atoms with Gasteiger partial charge in [-0.3, -0.25) is 5.10 Å². The van der Waals surface area contributed by atoms with Crippen molar-refractivity contribution in [2.45, 2.75) is 13.5 Å². The lowest BCUT2D eigenvalue weighted by atomic mass is 10.3. The molecular weight excluding hydrogens is 190 g/mol. The topological polar surface area (TPSA) is 50.9 Å². The zero-order chi connectivity index (χ0) is 10.3. The van der Waals surface area contributed by atoms with Crippen LogP contribution in [-0.4, -0.2) is 24.1 Å². The summed E-state index contributed by atoms with van der Waals surface area (Å²) in [4.78, 5) is 8.48. The van der Waals surface area contributed by atoms with Gasteiger partial charge < -0.3 is 4.57 Å². The van der Waals surface area contributed by atoms with E-state index in [0.29, 0.717) is 0 Å². The Bertz CT molecular complexity index is 586. The molecule has 5 nitrogen and oxygen atoms in total. The van der Waals surface area contributed by atoms with E-state index in [2.05, 4.69) is 19.6 Å². The lowest BCUT2D eigenvalue weighted by Crippen LogP contribution is -2.00. The normalized spacial score (nSPS) is 11.3. The fourth-order valence-electron chi connectivity index (χ4n) is 1.73. The van der Waals surface area contributed by atoms with Crippen molar-refractivity contribution in [1.29, 1.82) is 0 Å². The van der Waals surface area contributed by atoms with Crippen LogP contribution < -0.4 is 0 Å². The van der Waals surface area contributed by atoms with Gasteiger partial charge in [-0.05, 0) is 6.92 Å². The fourth-order valence-corrected chi connectivity index (χ4v) is 1.73. The molecule has 1 N–H and O–H groups in total. The van der Waals surface area contributed by atoms with Crippen molar-refractivity contribution in [3.8, 4) is 0 Å². The third-order valence-electron chi connectivity index (χ3n) is 2.57. The summed E-state index contributed by atoms with van der Waals surface area (Å²) in [6.07, 6.45) is 9.45. The largest absolute Gasteiger partial charge is 0.331 e. The molecule has 5 heteroatoms. The van der Waals surface area contributed by atoms with Crippen molar-refractivity contribution in [1.82, 2.24) is 24.1 Å². The van der Waals surface area contributed by atoms with Gasteiger partial charge >= 0.3 is 0 Å². The van der Waals surface area contributed by atoms with E-state index in [0.717, 1.165) is 18.0 Å². The number of rotatable bonds is 2. The van der Waals surface area contributed by atoms with Crippen molar-refractivity contribution < 1.29 is 0 Å². The molecule has 0 spiro atoms. The highest BCUT2D eigenvalue weighted by molar-refractivity contribution is 5.46. The first kappa shape index (κ1) is 8.28. The lowest BCUT2D eigenvalue weighted by molar-refractivity contribution is 0.765. The van der Waals surface area contributed by atoms with Crippen LogP contribution in [0.2, 0.25) is 0 Å². The van der Waals surface area contributed by atoms with Gasteiger partial charge in [-0.1, -0.05) is 0 Å². The standard InChI is InChI=1S/C10H11N5/c1-8-11-2-4-14(8)7-9-6-13-15-5-3-12-10(9)15/h2-6,13H,7H2,1H3. The third-order valence-corrected chi connectivity index (χ3v) is 2.57. The molecule has 0 amide bonds. The molecule has 3 aromatic rings. The average Bonchev–Trinajstić information content (AvgIpc) is 2.86. The molecule has 3 aromatic heterocycles. The number of nitrogens with one attached hydrogen (secondary N) is 1. The average molecular weight is 201 g/mol. The number of H-pyrrole nitrogens is 1. The number of aromatic amines is 1. The van der Waals surface area contributed by atoms with E-state index >= 15 is 0 Å². The van der Waals surface area contributed by atoms with Crippen LogP contribution in [0.1, 0.15) is 11.4 Å². The molecule has 0 saturated heterocycles. The van der Waals surface area contributed by atoms with Crippen molar-refractivity contribution >= 4 is 5.65 Å². The Morgan fingerprint density at radius 3 is 2.93 bits per heavy atom. The Balaban J connectivity index is 2.02. The van der Waals surface area contributed by atoms with Crippen LogP contribution >= 0.6 is 0 Å². The minimum atomic E-state index is 0.801. The second kappa shape index (κ2) is 2.98. The second-order valence-electron chi connectivity index (χ2n) is 3.52. The number of imidazole rings is 2. The summed E-state index contributed by atoms with van der Waals surface area (Å²) >= 11 is 0. The van der Waals surface area contributed by atoms with E-state index in [1.54, 1.807) is 6.20 Å². The number of aromatic nitrogens is 5. The zero-order valence-corrected chi connectivity index (χ0v) is 8.38. The maximum atomic E-state index is 4.29. The van der Waals surface area contributed by atoms with Crippen LogP contribution in [0, 0.1) is 6.92 Å². The molecule has 0 fully saturated rings. The van der Waals surface area contributed by atoms with Gasteiger partial charge in [0.1, 0.15) is 5.82 Å². The Labute approximate surface area is 86.4 Å². The Hall–Kier alpha value is -2.04. The van der Waals surface area contributed by atoms with Crippen molar-refractivity contribution in [2.24, 2.45) is 0 Å². The predicted molar refractivity (Wildman–Crippen MR) is 55.6 cm³/mol. The summed E-state index contributed by atoms with van der Waals surface area (Å²) in [5, 5.41) is 3.12. The summed E-state index contributed by atoms with van der Waals surface area (Å²) < 4.78 is 4.00. The monoisotopic (exact) mass is 201 g/mol. The highest BCUT2D eigenvalue weighted by Crippen LogP contribution is 2.10. The fraction of sp³-hybridized carbons (Fsp3) is 0.200. The number of aryl methyl sites for hydroxylation is 1. The number of nitrogens with zero attached hydrogens (tertiary/aromatic N) is 4. The van der Waals surface area contributed by atoms with Crippen molar-refractivity contribution in [3.63, 3.8) is 0 Å². The van der Waals surface area contributed by atoms with E-state index in [9.17, 15) is 0 Å². The molecule has 0 saturated carbocycles. The molecule has 76 valence electrons. The lowest BCUT2D eigenvalue weighted by Gasteiger charge is -2.01. The van der Waals surface area contributed by atoms with E-state index < -0.39 is 0 Å². The van der Waals surface area contributed by atoms with Gasteiger partial charge in [-0.15, -0.1) is 0 Å². The van der Waals surface area contributed by atoms with Gasteiger partial charge in [-0.25, -0.2) is 14.5 Å². The highest BCUT2D eigenvalue weighted by atomic mass is 15.3. The summed E-state index contributed by atoms with van der Waals surface area (Å²) in [5.41, 5.74) is 2.14. The number of hydrogen-bond acceptors (Lipinski definition) is 2. The summed E-state index contributed by atoms with van der Waals surface area (Å²) in [5.74, 6) is 1.01. The Morgan fingerprint density at radius 2 is 2.13 bits per heavy atom. The van der Waals surface area contributed by atoms with E-state index in [1.807, 2.05) is 36.2 Å². The third kappa shape index (κ3) is 1.24. The summed E-state index contributed by atoms with van der Waals surface area (Å²) in [7, 11) is 0. The first-order chi connectivity index (χ1) is 7.34. The molecule has 0 aromatic carbocycles. The summed E-state index contributed by atoms with van der Waals surface area (Å²) in [6.45, 7) is 2.80. The molecule has 3 rings (SSSR count). The van der Waals surface area contributed by atoms with Gasteiger partial charge in [-0.2, -0.15) is 0 Å². The zero-order valence-electron chi connectivity index (χ0n) is 8.38. The van der Waals surface area contributed by atoms with E-state index in [-0.39, 0.29) is 0 Å². The molecule has 0 bridgehead atoms. The Morgan fingerprint density at radius 1 is 1.27 bits per heavy atom. The smallest absolute Gasteiger partial charge is 0.157 e. The highest BCUT2D eigenvalue weighted by Gasteiger charge is 2.06. The van der Waals surface area contributed by atoms with Crippen LogP contribution in [-0.2, 0) is 6.54 Å². The maximum Gasteiger partial charge on any atom is 0.157 e.